The minimum atomic E-state index is 0.0613. The van der Waals surface area contributed by atoms with Crippen LogP contribution in [-0.2, 0) is 19.4 Å². The zero-order valence-electron chi connectivity index (χ0n) is 17.4. The second kappa shape index (κ2) is 9.20. The standard InChI is InChI=1S/C23H30N4OS/c1-3-26(4-2)16-19(17-10-6-5-7-11-17)24-15-18-14-22(28)27-20-12-8-9-13-21(20)29-23(27)25-18/h5-7,10-11,14,19,24H,3-4,8-9,12-13,15-16H2,1-2H3/t19-/m1/s1. The zero-order chi connectivity index (χ0) is 20.2. The van der Waals surface area contributed by atoms with Gasteiger partial charge in [-0.1, -0.05) is 44.2 Å². The van der Waals surface area contributed by atoms with Crippen molar-refractivity contribution in [3.63, 3.8) is 0 Å². The van der Waals surface area contributed by atoms with Gasteiger partial charge in [-0.25, -0.2) is 4.98 Å². The number of rotatable bonds is 8. The molecule has 1 atom stereocenters. The maximum Gasteiger partial charge on any atom is 0.259 e. The quantitative estimate of drug-likeness (QED) is 0.614. The van der Waals surface area contributed by atoms with Gasteiger partial charge in [-0.3, -0.25) is 9.20 Å². The van der Waals surface area contributed by atoms with Gasteiger partial charge in [0.25, 0.3) is 5.56 Å². The first kappa shape index (κ1) is 20.3. The van der Waals surface area contributed by atoms with Crippen LogP contribution in [0.5, 0.6) is 0 Å². The molecule has 3 aromatic rings. The minimum Gasteiger partial charge on any atom is -0.303 e. The van der Waals surface area contributed by atoms with Gasteiger partial charge in [0, 0.05) is 35.8 Å². The number of aryl methyl sites for hydroxylation is 2. The van der Waals surface area contributed by atoms with E-state index in [9.17, 15) is 4.79 Å². The number of benzene rings is 1. The van der Waals surface area contributed by atoms with Gasteiger partial charge < -0.3 is 10.2 Å². The van der Waals surface area contributed by atoms with Crippen LogP contribution in [0.3, 0.4) is 0 Å². The van der Waals surface area contributed by atoms with Crippen molar-refractivity contribution in [2.45, 2.75) is 52.1 Å². The SMILES string of the molecule is CCN(CC)C[C@@H](NCc1cc(=O)n2c3c(sc2n1)CCCC3)c1ccccc1. The number of hydrogen-bond donors (Lipinski definition) is 1. The van der Waals surface area contributed by atoms with Gasteiger partial charge in [0.2, 0.25) is 0 Å². The largest absolute Gasteiger partial charge is 0.303 e. The molecular formula is C23H30N4OS. The number of nitrogens with one attached hydrogen (secondary N) is 1. The molecule has 0 amide bonds. The lowest BCUT2D eigenvalue weighted by Crippen LogP contribution is -2.35. The van der Waals surface area contributed by atoms with Crippen LogP contribution in [0.1, 0.15) is 54.6 Å². The molecule has 29 heavy (non-hydrogen) atoms. The first-order valence-electron chi connectivity index (χ1n) is 10.7. The Morgan fingerprint density at radius 2 is 1.93 bits per heavy atom. The summed E-state index contributed by atoms with van der Waals surface area (Å²) >= 11 is 1.69. The maximum absolute atomic E-state index is 12.8. The average Bonchev–Trinajstić information content (AvgIpc) is 3.13. The van der Waals surface area contributed by atoms with E-state index in [1.54, 1.807) is 17.4 Å². The minimum absolute atomic E-state index is 0.0613. The van der Waals surface area contributed by atoms with Gasteiger partial charge in [-0.05, 0) is 44.3 Å². The van der Waals surface area contributed by atoms with Crippen molar-refractivity contribution in [2.24, 2.45) is 0 Å². The smallest absolute Gasteiger partial charge is 0.259 e. The van der Waals surface area contributed by atoms with Gasteiger partial charge >= 0.3 is 0 Å². The summed E-state index contributed by atoms with van der Waals surface area (Å²) in [7, 11) is 0. The van der Waals surface area contributed by atoms with Crippen LogP contribution in [0.15, 0.2) is 41.2 Å². The van der Waals surface area contributed by atoms with Gasteiger partial charge in [-0.15, -0.1) is 11.3 Å². The van der Waals surface area contributed by atoms with E-state index in [1.807, 2.05) is 10.5 Å². The lowest BCUT2D eigenvalue weighted by molar-refractivity contribution is 0.264. The number of thiazole rings is 1. The number of nitrogens with zero attached hydrogens (tertiary/aromatic N) is 3. The number of aromatic nitrogens is 2. The third-order valence-electron chi connectivity index (χ3n) is 5.88. The van der Waals surface area contributed by atoms with Crippen molar-refractivity contribution in [2.75, 3.05) is 19.6 Å². The predicted octanol–water partition coefficient (Wildman–Crippen LogP) is 3.81. The Hall–Kier alpha value is -2.02. The Bertz CT molecular complexity index is 1010. The third kappa shape index (κ3) is 4.44. The van der Waals surface area contributed by atoms with Crippen LogP contribution in [0.2, 0.25) is 0 Å². The summed E-state index contributed by atoms with van der Waals surface area (Å²) in [6.45, 7) is 7.96. The molecule has 0 bridgehead atoms. The fourth-order valence-electron chi connectivity index (χ4n) is 4.17. The normalized spacial score (nSPS) is 15.0. The zero-order valence-corrected chi connectivity index (χ0v) is 18.2. The molecular weight excluding hydrogens is 380 g/mol. The highest BCUT2D eigenvalue weighted by Crippen LogP contribution is 2.28. The maximum atomic E-state index is 12.8. The van der Waals surface area contributed by atoms with Gasteiger partial charge in [0.05, 0.1) is 5.69 Å². The molecule has 0 saturated heterocycles. The molecule has 0 saturated carbocycles. The van der Waals surface area contributed by atoms with E-state index in [0.717, 1.165) is 43.1 Å². The number of fused-ring (bicyclic) bond motifs is 3. The van der Waals surface area contributed by atoms with E-state index in [-0.39, 0.29) is 11.6 Å². The van der Waals surface area contributed by atoms with Crippen LogP contribution in [0.4, 0.5) is 0 Å². The van der Waals surface area contributed by atoms with E-state index in [4.69, 9.17) is 4.98 Å². The fraction of sp³-hybridized carbons (Fsp3) is 0.478. The summed E-state index contributed by atoms with van der Waals surface area (Å²) in [4.78, 5) is 22.3. The van der Waals surface area contributed by atoms with E-state index >= 15 is 0 Å². The summed E-state index contributed by atoms with van der Waals surface area (Å²) < 4.78 is 1.84. The number of likely N-dealkylation sites (N-methyl/N-ethyl adjacent to an activating group) is 1. The third-order valence-corrected chi connectivity index (χ3v) is 7.02. The first-order valence-corrected chi connectivity index (χ1v) is 11.5. The summed E-state index contributed by atoms with van der Waals surface area (Å²) in [5, 5.41) is 3.66. The molecule has 2 aromatic heterocycles. The van der Waals surface area contributed by atoms with E-state index in [0.29, 0.717) is 6.54 Å². The Labute approximate surface area is 176 Å². The second-order valence-corrected chi connectivity index (χ2v) is 8.77. The van der Waals surface area contributed by atoms with Crippen molar-refractivity contribution < 1.29 is 0 Å². The molecule has 0 aliphatic heterocycles. The fourth-order valence-corrected chi connectivity index (χ4v) is 5.41. The van der Waals surface area contributed by atoms with Crippen LogP contribution < -0.4 is 10.9 Å². The van der Waals surface area contributed by atoms with Crippen LogP contribution in [-0.4, -0.2) is 33.9 Å². The molecule has 0 fully saturated rings. The molecule has 1 aliphatic carbocycles. The van der Waals surface area contributed by atoms with Gasteiger partial charge in [-0.2, -0.15) is 0 Å². The van der Waals surface area contributed by atoms with E-state index < -0.39 is 0 Å². The molecule has 4 rings (SSSR count). The summed E-state index contributed by atoms with van der Waals surface area (Å²) in [5.74, 6) is 0. The van der Waals surface area contributed by atoms with Crippen molar-refractivity contribution in [1.82, 2.24) is 19.6 Å². The highest BCUT2D eigenvalue weighted by molar-refractivity contribution is 7.17. The van der Waals surface area contributed by atoms with Crippen molar-refractivity contribution >= 4 is 16.3 Å². The van der Waals surface area contributed by atoms with Crippen LogP contribution >= 0.6 is 11.3 Å². The highest BCUT2D eigenvalue weighted by Gasteiger charge is 2.19. The molecule has 0 unspecified atom stereocenters. The molecule has 5 nitrogen and oxygen atoms in total. The molecule has 2 heterocycles. The average molecular weight is 411 g/mol. The first-order chi connectivity index (χ1) is 14.2. The highest BCUT2D eigenvalue weighted by atomic mass is 32.1. The van der Waals surface area contributed by atoms with Crippen LogP contribution in [0, 0.1) is 0 Å². The molecule has 154 valence electrons. The van der Waals surface area contributed by atoms with Gasteiger partial charge in [0.1, 0.15) is 0 Å². The molecule has 0 spiro atoms. The molecule has 1 aliphatic rings. The molecule has 0 radical (unpaired) electrons. The van der Waals surface area contributed by atoms with E-state index in [2.05, 4.69) is 48.3 Å². The van der Waals surface area contributed by atoms with E-state index in [1.165, 1.54) is 29.0 Å². The molecule has 1 aromatic carbocycles. The molecule has 6 heteroatoms. The van der Waals surface area contributed by atoms with Crippen molar-refractivity contribution in [3.8, 4) is 0 Å². The predicted molar refractivity (Wildman–Crippen MR) is 120 cm³/mol. The Kier molecular flexibility index (Phi) is 6.43. The summed E-state index contributed by atoms with van der Waals surface area (Å²) in [5.41, 5.74) is 3.35. The monoisotopic (exact) mass is 410 g/mol. The van der Waals surface area contributed by atoms with Crippen molar-refractivity contribution in [1.29, 1.82) is 0 Å². The second-order valence-electron chi connectivity index (χ2n) is 7.71. The topological polar surface area (TPSA) is 49.6 Å². The Morgan fingerprint density at radius 1 is 1.17 bits per heavy atom. The Balaban J connectivity index is 1.56. The lowest BCUT2D eigenvalue weighted by Gasteiger charge is -2.26. The summed E-state index contributed by atoms with van der Waals surface area (Å²) in [6, 6.07) is 12.5. The molecule has 1 N–H and O–H groups in total. The number of hydrogen-bond acceptors (Lipinski definition) is 5. The van der Waals surface area contributed by atoms with Crippen LogP contribution in [0.25, 0.3) is 4.96 Å². The van der Waals surface area contributed by atoms with Gasteiger partial charge in [0.15, 0.2) is 4.96 Å². The lowest BCUT2D eigenvalue weighted by atomic mass is 10.0. The summed E-state index contributed by atoms with van der Waals surface area (Å²) in [6.07, 6.45) is 4.45. The van der Waals surface area contributed by atoms with Crippen molar-refractivity contribution in [3.05, 3.63) is 68.6 Å². The Morgan fingerprint density at radius 3 is 2.69 bits per heavy atom.